The van der Waals surface area contributed by atoms with E-state index < -0.39 is 0 Å². The molecule has 1 heterocycles. The van der Waals surface area contributed by atoms with Gasteiger partial charge in [-0.3, -0.25) is 0 Å². The SMILES string of the molecule is COC(=O)N[N+]1(C)CCCCC1. The highest BCUT2D eigenvalue weighted by Gasteiger charge is 2.27. The maximum atomic E-state index is 10.9. The van der Waals surface area contributed by atoms with E-state index in [0.717, 1.165) is 13.1 Å². The molecule has 0 aromatic carbocycles. The van der Waals surface area contributed by atoms with Crippen molar-refractivity contribution in [1.82, 2.24) is 5.43 Å². The summed E-state index contributed by atoms with van der Waals surface area (Å²) in [6, 6.07) is 0. The molecule has 1 aliphatic heterocycles. The van der Waals surface area contributed by atoms with Gasteiger partial charge in [-0.05, 0) is 19.3 Å². The number of nitrogens with one attached hydrogen (secondary N) is 1. The monoisotopic (exact) mass is 173 g/mol. The zero-order valence-corrected chi connectivity index (χ0v) is 7.80. The number of ether oxygens (including phenoxy) is 1. The minimum absolute atomic E-state index is 0.334. The highest BCUT2D eigenvalue weighted by molar-refractivity contribution is 5.65. The van der Waals surface area contributed by atoms with Crippen molar-refractivity contribution in [3.63, 3.8) is 0 Å². The minimum Gasteiger partial charge on any atom is -0.450 e. The van der Waals surface area contributed by atoms with Crippen LogP contribution in [0, 0.1) is 0 Å². The molecule has 0 unspecified atom stereocenters. The van der Waals surface area contributed by atoms with Crippen molar-refractivity contribution in [3.05, 3.63) is 0 Å². The lowest BCUT2D eigenvalue weighted by molar-refractivity contribution is -0.948. The van der Waals surface area contributed by atoms with Gasteiger partial charge in [-0.15, -0.1) is 0 Å². The Bertz CT molecular complexity index is 164. The van der Waals surface area contributed by atoms with Crippen LogP contribution in [0.1, 0.15) is 19.3 Å². The maximum absolute atomic E-state index is 10.9. The fraction of sp³-hybridized carbons (Fsp3) is 0.875. The highest BCUT2D eigenvalue weighted by atomic mass is 16.5. The number of hydrogen-bond acceptors (Lipinski definition) is 2. The number of piperidine rings is 1. The molecule has 1 saturated heterocycles. The fourth-order valence-electron chi connectivity index (χ4n) is 1.59. The van der Waals surface area contributed by atoms with E-state index in [1.807, 2.05) is 7.05 Å². The van der Waals surface area contributed by atoms with Crippen LogP contribution in [0.15, 0.2) is 0 Å². The lowest BCUT2D eigenvalue weighted by Gasteiger charge is -2.35. The van der Waals surface area contributed by atoms with Crippen molar-refractivity contribution in [2.75, 3.05) is 27.2 Å². The molecule has 4 nitrogen and oxygen atoms in total. The van der Waals surface area contributed by atoms with Gasteiger partial charge in [0, 0.05) is 0 Å². The van der Waals surface area contributed by atoms with Crippen molar-refractivity contribution in [1.29, 1.82) is 0 Å². The van der Waals surface area contributed by atoms with Gasteiger partial charge in [-0.25, -0.2) is 9.39 Å². The standard InChI is InChI=1S/C8H16N2O2/c1-10(9-8(11)12-2)6-4-3-5-7-10/h3-7H2,1-2H3/p+1. The number of likely N-dealkylation sites (tertiary alicyclic amines) is 1. The van der Waals surface area contributed by atoms with E-state index in [0.29, 0.717) is 4.59 Å². The first-order chi connectivity index (χ1) is 5.66. The normalized spacial score (nSPS) is 21.5. The summed E-state index contributed by atoms with van der Waals surface area (Å²) in [5, 5.41) is 0. The van der Waals surface area contributed by atoms with E-state index in [4.69, 9.17) is 0 Å². The van der Waals surface area contributed by atoms with Crippen molar-refractivity contribution < 1.29 is 14.1 Å². The quantitative estimate of drug-likeness (QED) is 0.598. The molecule has 1 rings (SSSR count). The summed E-state index contributed by atoms with van der Waals surface area (Å²) in [6.45, 7) is 2.02. The van der Waals surface area contributed by atoms with Crippen molar-refractivity contribution in [2.45, 2.75) is 19.3 Å². The topological polar surface area (TPSA) is 38.3 Å². The Hall–Kier alpha value is -0.770. The minimum atomic E-state index is -0.334. The Labute approximate surface area is 73.1 Å². The van der Waals surface area contributed by atoms with E-state index in [1.165, 1.54) is 26.4 Å². The molecule has 70 valence electrons. The molecule has 1 aliphatic rings. The number of carbonyl (C=O) groups is 1. The van der Waals surface area contributed by atoms with Gasteiger partial charge >= 0.3 is 6.09 Å². The van der Waals surface area contributed by atoms with Gasteiger partial charge in [0.25, 0.3) is 0 Å². The van der Waals surface area contributed by atoms with Crippen LogP contribution >= 0.6 is 0 Å². The van der Waals surface area contributed by atoms with Crippen molar-refractivity contribution >= 4 is 6.09 Å². The third-order valence-corrected chi connectivity index (χ3v) is 2.35. The lowest BCUT2D eigenvalue weighted by atomic mass is 10.1. The number of quaternary nitrogens is 1. The Kier molecular flexibility index (Phi) is 2.92. The number of carbonyl (C=O) groups excluding carboxylic acids is 1. The van der Waals surface area contributed by atoms with E-state index >= 15 is 0 Å². The van der Waals surface area contributed by atoms with Gasteiger partial charge in [-0.2, -0.15) is 5.43 Å². The number of amides is 1. The van der Waals surface area contributed by atoms with Crippen molar-refractivity contribution in [2.24, 2.45) is 0 Å². The molecule has 0 atom stereocenters. The van der Waals surface area contributed by atoms with E-state index in [-0.39, 0.29) is 6.09 Å². The molecule has 0 aromatic rings. The van der Waals surface area contributed by atoms with Crippen molar-refractivity contribution in [3.8, 4) is 0 Å². The second-order valence-electron chi connectivity index (χ2n) is 3.51. The Morgan fingerprint density at radius 3 is 2.42 bits per heavy atom. The molecule has 1 N–H and O–H groups in total. The Balaban J connectivity index is 2.41. The molecule has 0 spiro atoms. The number of methoxy groups -OCH3 is 1. The van der Waals surface area contributed by atoms with Gasteiger partial charge in [0.1, 0.15) is 13.1 Å². The zero-order chi connectivity index (χ0) is 9.03. The van der Waals surface area contributed by atoms with Crippen LogP contribution in [0.5, 0.6) is 0 Å². The van der Waals surface area contributed by atoms with Gasteiger partial charge in [-0.1, -0.05) is 0 Å². The largest absolute Gasteiger partial charge is 0.451 e. The molecule has 12 heavy (non-hydrogen) atoms. The molecule has 0 bridgehead atoms. The van der Waals surface area contributed by atoms with Crippen LogP contribution in [0.4, 0.5) is 4.79 Å². The third kappa shape index (κ3) is 2.37. The summed E-state index contributed by atoms with van der Waals surface area (Å²) in [4.78, 5) is 10.9. The number of hydrogen-bond donors (Lipinski definition) is 1. The summed E-state index contributed by atoms with van der Waals surface area (Å²) in [7, 11) is 3.42. The highest BCUT2D eigenvalue weighted by Crippen LogP contribution is 2.12. The average molecular weight is 173 g/mol. The van der Waals surface area contributed by atoms with Crippen LogP contribution in [-0.4, -0.2) is 37.9 Å². The molecule has 4 heteroatoms. The van der Waals surface area contributed by atoms with E-state index in [1.54, 1.807) is 0 Å². The summed E-state index contributed by atoms with van der Waals surface area (Å²) in [5.41, 5.74) is 2.82. The Morgan fingerprint density at radius 1 is 1.33 bits per heavy atom. The maximum Gasteiger partial charge on any atom is 0.451 e. The lowest BCUT2D eigenvalue weighted by Crippen LogP contribution is -2.59. The van der Waals surface area contributed by atoms with Gasteiger partial charge < -0.3 is 4.74 Å². The Morgan fingerprint density at radius 2 is 1.92 bits per heavy atom. The molecule has 0 aliphatic carbocycles. The second kappa shape index (κ2) is 3.76. The molecular formula is C8H17N2O2+. The summed E-state index contributed by atoms with van der Waals surface area (Å²) in [5.74, 6) is 0. The first kappa shape index (κ1) is 9.32. The van der Waals surface area contributed by atoms with Gasteiger partial charge in [0.15, 0.2) is 0 Å². The summed E-state index contributed by atoms with van der Waals surface area (Å²) >= 11 is 0. The molecule has 0 aromatic heterocycles. The molecular weight excluding hydrogens is 156 g/mol. The van der Waals surface area contributed by atoms with Crippen LogP contribution in [0.2, 0.25) is 0 Å². The van der Waals surface area contributed by atoms with Crippen LogP contribution in [0.3, 0.4) is 0 Å². The van der Waals surface area contributed by atoms with Crippen LogP contribution in [-0.2, 0) is 4.74 Å². The third-order valence-electron chi connectivity index (χ3n) is 2.35. The predicted octanol–water partition coefficient (Wildman–Crippen LogP) is 0.888. The van der Waals surface area contributed by atoms with Crippen LogP contribution in [0.25, 0.3) is 0 Å². The van der Waals surface area contributed by atoms with E-state index in [2.05, 4.69) is 10.2 Å². The molecule has 0 radical (unpaired) electrons. The smallest absolute Gasteiger partial charge is 0.450 e. The van der Waals surface area contributed by atoms with Gasteiger partial charge in [0.2, 0.25) is 0 Å². The number of rotatable bonds is 1. The van der Waals surface area contributed by atoms with Crippen LogP contribution < -0.4 is 5.43 Å². The van der Waals surface area contributed by atoms with E-state index in [9.17, 15) is 4.79 Å². The first-order valence-electron chi connectivity index (χ1n) is 4.37. The molecule has 1 fully saturated rings. The number of nitrogens with zero attached hydrogens (tertiary/aromatic N) is 1. The molecule has 0 saturated carbocycles. The summed E-state index contributed by atoms with van der Waals surface area (Å²) < 4.78 is 5.17. The zero-order valence-electron chi connectivity index (χ0n) is 7.80. The predicted molar refractivity (Wildman–Crippen MR) is 45.3 cm³/mol. The summed E-state index contributed by atoms with van der Waals surface area (Å²) in [6.07, 6.45) is 3.30. The first-order valence-corrected chi connectivity index (χ1v) is 4.37. The average Bonchev–Trinajstić information content (AvgIpc) is 2.05. The van der Waals surface area contributed by atoms with Gasteiger partial charge in [0.05, 0.1) is 14.2 Å². The molecule has 1 amide bonds. The fourth-order valence-corrected chi connectivity index (χ4v) is 1.59. The second-order valence-corrected chi connectivity index (χ2v) is 3.51.